The molecule has 1 unspecified atom stereocenters. The Morgan fingerprint density at radius 2 is 2.15 bits per heavy atom. The van der Waals surface area contributed by atoms with Gasteiger partial charge in [0.05, 0.1) is 11.0 Å². The molecule has 0 aliphatic heterocycles. The van der Waals surface area contributed by atoms with Crippen LogP contribution in [0.3, 0.4) is 0 Å². The fourth-order valence-corrected chi connectivity index (χ4v) is 4.53. The van der Waals surface area contributed by atoms with Crippen molar-refractivity contribution in [2.45, 2.75) is 66.0 Å². The molecule has 3 atom stereocenters. The Kier molecular flexibility index (Phi) is 6.06. The number of esters is 1. The van der Waals surface area contributed by atoms with Crippen molar-refractivity contribution in [3.8, 4) is 0 Å². The Morgan fingerprint density at radius 3 is 2.85 bits per heavy atom. The second kappa shape index (κ2) is 8.12. The standard InChI is InChI=1S/C21H29BrN2O2/c1-5-20-23-17-9-7-15(22)11-18(17)24(20)12-21(25)26-19-10-14(4)6-8-16(19)13(2)3/h7,9,11,13-14,16,19H,5-6,8,10,12H2,1-4H3/t14-,16+,19?/m1/s1. The van der Waals surface area contributed by atoms with Gasteiger partial charge in [-0.1, -0.05) is 50.0 Å². The Labute approximate surface area is 164 Å². The number of aromatic nitrogens is 2. The minimum atomic E-state index is -0.149. The summed E-state index contributed by atoms with van der Waals surface area (Å²) < 4.78 is 8.98. The van der Waals surface area contributed by atoms with Crippen molar-refractivity contribution in [2.75, 3.05) is 0 Å². The number of hydrogen-bond donors (Lipinski definition) is 0. The molecule has 26 heavy (non-hydrogen) atoms. The third-order valence-electron chi connectivity index (χ3n) is 5.64. The summed E-state index contributed by atoms with van der Waals surface area (Å²) in [5.74, 6) is 2.40. The minimum absolute atomic E-state index is 0.0397. The Morgan fingerprint density at radius 1 is 1.38 bits per heavy atom. The highest BCUT2D eigenvalue weighted by Gasteiger charge is 2.33. The summed E-state index contributed by atoms with van der Waals surface area (Å²) in [5, 5.41) is 0. The number of benzene rings is 1. The van der Waals surface area contributed by atoms with Gasteiger partial charge in [0.25, 0.3) is 0 Å². The first-order chi connectivity index (χ1) is 12.4. The molecule has 0 bridgehead atoms. The first-order valence-electron chi connectivity index (χ1n) is 9.73. The van der Waals surface area contributed by atoms with E-state index in [4.69, 9.17) is 4.74 Å². The molecular formula is C21H29BrN2O2. The number of aryl methyl sites for hydroxylation is 1. The van der Waals surface area contributed by atoms with Crippen LogP contribution in [-0.4, -0.2) is 21.6 Å². The molecule has 1 fully saturated rings. The molecule has 0 amide bonds. The number of nitrogens with zero attached hydrogens (tertiary/aromatic N) is 2. The molecule has 0 N–H and O–H groups in total. The zero-order chi connectivity index (χ0) is 18.8. The van der Waals surface area contributed by atoms with Crippen molar-refractivity contribution in [3.05, 3.63) is 28.5 Å². The fraction of sp³-hybridized carbons (Fsp3) is 0.619. The molecule has 0 radical (unpaired) electrons. The zero-order valence-corrected chi connectivity index (χ0v) is 17.8. The Balaban J connectivity index is 1.79. The second-order valence-electron chi connectivity index (χ2n) is 7.96. The summed E-state index contributed by atoms with van der Waals surface area (Å²) in [6.07, 6.45) is 4.19. The maximum atomic E-state index is 12.8. The number of hydrogen-bond acceptors (Lipinski definition) is 3. The topological polar surface area (TPSA) is 44.1 Å². The molecular weight excluding hydrogens is 392 g/mol. The summed E-state index contributed by atoms with van der Waals surface area (Å²) in [6.45, 7) is 9.02. The lowest BCUT2D eigenvalue weighted by Crippen LogP contribution is -2.36. The van der Waals surface area contributed by atoms with Crippen LogP contribution in [0, 0.1) is 17.8 Å². The molecule has 1 aliphatic carbocycles. The van der Waals surface area contributed by atoms with Crippen molar-refractivity contribution in [1.29, 1.82) is 0 Å². The van der Waals surface area contributed by atoms with E-state index in [-0.39, 0.29) is 18.6 Å². The van der Waals surface area contributed by atoms with Gasteiger partial charge in [-0.15, -0.1) is 0 Å². The van der Waals surface area contributed by atoms with Crippen LogP contribution in [0.1, 0.15) is 52.8 Å². The van der Waals surface area contributed by atoms with Gasteiger partial charge >= 0.3 is 5.97 Å². The lowest BCUT2D eigenvalue weighted by molar-refractivity contribution is -0.156. The van der Waals surface area contributed by atoms with Crippen LogP contribution in [0.25, 0.3) is 11.0 Å². The minimum Gasteiger partial charge on any atom is -0.461 e. The summed E-state index contributed by atoms with van der Waals surface area (Å²) in [4.78, 5) is 17.4. The van der Waals surface area contributed by atoms with Crippen molar-refractivity contribution in [1.82, 2.24) is 9.55 Å². The summed E-state index contributed by atoms with van der Waals surface area (Å²) in [7, 11) is 0. The molecule has 2 aromatic rings. The average molecular weight is 421 g/mol. The Hall–Kier alpha value is -1.36. The van der Waals surface area contributed by atoms with Crippen LogP contribution in [0.15, 0.2) is 22.7 Å². The SMILES string of the molecule is CCc1nc2ccc(Br)cc2n1CC(=O)OC1C[C@H](C)CC[C@H]1C(C)C. The maximum Gasteiger partial charge on any atom is 0.326 e. The molecule has 0 spiro atoms. The average Bonchev–Trinajstić information content (AvgIpc) is 2.91. The van der Waals surface area contributed by atoms with E-state index in [1.165, 1.54) is 6.42 Å². The second-order valence-corrected chi connectivity index (χ2v) is 8.87. The van der Waals surface area contributed by atoms with E-state index in [9.17, 15) is 4.79 Å². The van der Waals surface area contributed by atoms with E-state index in [2.05, 4.69) is 48.6 Å². The van der Waals surface area contributed by atoms with Gasteiger partial charge in [0.15, 0.2) is 0 Å². The number of carbonyl (C=O) groups excluding carboxylic acids is 1. The largest absolute Gasteiger partial charge is 0.461 e. The predicted octanol–water partition coefficient (Wildman–Crippen LogP) is 5.37. The fourth-order valence-electron chi connectivity index (χ4n) is 4.18. The summed E-state index contributed by atoms with van der Waals surface area (Å²) in [6, 6.07) is 5.99. The molecule has 142 valence electrons. The molecule has 1 heterocycles. The number of ether oxygens (including phenoxy) is 1. The zero-order valence-electron chi connectivity index (χ0n) is 16.2. The van der Waals surface area contributed by atoms with Crippen molar-refractivity contribution in [3.63, 3.8) is 0 Å². The van der Waals surface area contributed by atoms with Crippen LogP contribution in [0.4, 0.5) is 0 Å². The maximum absolute atomic E-state index is 12.8. The van der Waals surface area contributed by atoms with E-state index < -0.39 is 0 Å². The van der Waals surface area contributed by atoms with Gasteiger partial charge in [0, 0.05) is 10.9 Å². The molecule has 1 aromatic carbocycles. The van der Waals surface area contributed by atoms with Gasteiger partial charge in [0.1, 0.15) is 18.5 Å². The number of rotatable bonds is 5. The number of imidazole rings is 1. The summed E-state index contributed by atoms with van der Waals surface area (Å²) in [5.41, 5.74) is 1.90. The van der Waals surface area contributed by atoms with Crippen LogP contribution in [0.2, 0.25) is 0 Å². The van der Waals surface area contributed by atoms with Gasteiger partial charge in [-0.3, -0.25) is 4.79 Å². The third kappa shape index (κ3) is 4.13. The van der Waals surface area contributed by atoms with Crippen molar-refractivity contribution in [2.24, 2.45) is 17.8 Å². The predicted molar refractivity (Wildman–Crippen MR) is 108 cm³/mol. The van der Waals surface area contributed by atoms with E-state index in [0.717, 1.165) is 40.6 Å². The first kappa shape index (κ1) is 19.4. The third-order valence-corrected chi connectivity index (χ3v) is 6.13. The monoisotopic (exact) mass is 420 g/mol. The van der Waals surface area contributed by atoms with E-state index in [1.807, 2.05) is 22.8 Å². The number of carbonyl (C=O) groups is 1. The van der Waals surface area contributed by atoms with E-state index >= 15 is 0 Å². The van der Waals surface area contributed by atoms with Gasteiger partial charge in [-0.2, -0.15) is 0 Å². The van der Waals surface area contributed by atoms with Gasteiger partial charge in [0.2, 0.25) is 0 Å². The van der Waals surface area contributed by atoms with Gasteiger partial charge in [-0.05, 0) is 48.8 Å². The highest BCUT2D eigenvalue weighted by atomic mass is 79.9. The lowest BCUT2D eigenvalue weighted by atomic mass is 9.75. The molecule has 1 saturated carbocycles. The van der Waals surface area contributed by atoms with Gasteiger partial charge < -0.3 is 9.30 Å². The molecule has 0 saturated heterocycles. The lowest BCUT2D eigenvalue weighted by Gasteiger charge is -2.36. The van der Waals surface area contributed by atoms with Crippen molar-refractivity contribution >= 4 is 32.9 Å². The highest BCUT2D eigenvalue weighted by molar-refractivity contribution is 9.10. The highest BCUT2D eigenvalue weighted by Crippen LogP contribution is 2.35. The van der Waals surface area contributed by atoms with Crippen LogP contribution in [0.5, 0.6) is 0 Å². The van der Waals surface area contributed by atoms with Crippen LogP contribution >= 0.6 is 15.9 Å². The first-order valence-corrected chi connectivity index (χ1v) is 10.5. The smallest absolute Gasteiger partial charge is 0.326 e. The number of fused-ring (bicyclic) bond motifs is 1. The molecule has 1 aliphatic rings. The molecule has 1 aromatic heterocycles. The molecule has 5 heteroatoms. The van der Waals surface area contributed by atoms with E-state index in [1.54, 1.807) is 0 Å². The number of halogens is 1. The van der Waals surface area contributed by atoms with Crippen LogP contribution in [-0.2, 0) is 22.5 Å². The van der Waals surface area contributed by atoms with Gasteiger partial charge in [-0.25, -0.2) is 4.98 Å². The summed E-state index contributed by atoms with van der Waals surface area (Å²) >= 11 is 3.52. The normalized spacial score (nSPS) is 23.5. The quantitative estimate of drug-likeness (QED) is 0.610. The van der Waals surface area contributed by atoms with Crippen molar-refractivity contribution < 1.29 is 9.53 Å². The Bertz CT molecular complexity index is 784. The van der Waals surface area contributed by atoms with E-state index in [0.29, 0.717) is 17.8 Å². The molecule has 4 nitrogen and oxygen atoms in total. The molecule has 3 rings (SSSR count). The van der Waals surface area contributed by atoms with Crippen LogP contribution < -0.4 is 0 Å².